The van der Waals surface area contributed by atoms with E-state index in [0.29, 0.717) is 13.2 Å². The largest absolute Gasteiger partial charge is 0.595 e. The Labute approximate surface area is 81.0 Å². The second-order valence-electron chi connectivity index (χ2n) is 3.00. The Morgan fingerprint density at radius 1 is 1.21 bits per heavy atom. The summed E-state index contributed by atoms with van der Waals surface area (Å²) in [5.74, 6) is 0. The van der Waals surface area contributed by atoms with Crippen LogP contribution in [0.25, 0.3) is 0 Å². The Hall–Kier alpha value is -0.980. The second-order valence-corrected chi connectivity index (χ2v) is 3.00. The minimum absolute atomic E-state index is 0.270. The van der Waals surface area contributed by atoms with E-state index in [1.807, 2.05) is 0 Å². The van der Waals surface area contributed by atoms with Gasteiger partial charge in [-0.1, -0.05) is 0 Å². The van der Waals surface area contributed by atoms with E-state index < -0.39 is 5.23 Å². The van der Waals surface area contributed by atoms with Gasteiger partial charge in [0.1, 0.15) is 0 Å². The van der Waals surface area contributed by atoms with Crippen LogP contribution in [0.5, 0.6) is 0 Å². The fourth-order valence-corrected chi connectivity index (χ4v) is 1.33. The molecule has 0 aromatic heterocycles. The zero-order chi connectivity index (χ0) is 9.97. The van der Waals surface area contributed by atoms with Crippen LogP contribution in [0.2, 0.25) is 0 Å². The maximum absolute atomic E-state index is 10.6. The molecule has 14 heavy (non-hydrogen) atoms. The lowest BCUT2D eigenvalue weighted by Gasteiger charge is -2.13. The summed E-state index contributed by atoms with van der Waals surface area (Å²) in [6.07, 6.45) is -0.335. The molecule has 1 aliphatic heterocycles. The molecule has 76 valence electrons. The molecule has 1 aromatic rings. The molecule has 0 aliphatic carbocycles. The molecule has 2 rings (SSSR count). The van der Waals surface area contributed by atoms with Gasteiger partial charge in [-0.15, -0.1) is 0 Å². The van der Waals surface area contributed by atoms with Crippen molar-refractivity contribution in [2.24, 2.45) is 0 Å². The van der Waals surface area contributed by atoms with Crippen LogP contribution >= 0.6 is 0 Å². The molecule has 5 heteroatoms. The topological polar surface area (TPSA) is 66.2 Å². The van der Waals surface area contributed by atoms with Gasteiger partial charge in [0, 0.05) is 17.7 Å². The molecule has 1 aromatic carbocycles. The highest BCUT2D eigenvalue weighted by atomic mass is 16.8. The van der Waals surface area contributed by atoms with E-state index in [1.165, 1.54) is 0 Å². The predicted molar refractivity (Wildman–Crippen MR) is 46.9 cm³/mol. The average molecular weight is 197 g/mol. The normalized spacial score (nSPS) is 19.9. The van der Waals surface area contributed by atoms with Crippen LogP contribution in [0.1, 0.15) is 11.9 Å². The van der Waals surface area contributed by atoms with Crippen LogP contribution in [0, 0.1) is 5.21 Å². The third kappa shape index (κ3) is 1.92. The van der Waals surface area contributed by atoms with Gasteiger partial charge in [0.15, 0.2) is 12.0 Å². The lowest BCUT2D eigenvalue weighted by Crippen LogP contribution is -2.99. The number of hydrogen-bond acceptors (Lipinski definition) is 4. The summed E-state index contributed by atoms with van der Waals surface area (Å²) in [5, 5.41) is 18.3. The Balaban J connectivity index is 2.12. The van der Waals surface area contributed by atoms with Gasteiger partial charge in [0.2, 0.25) is 0 Å². The van der Waals surface area contributed by atoms with Crippen molar-refractivity contribution < 1.29 is 19.9 Å². The van der Waals surface area contributed by atoms with E-state index in [-0.39, 0.29) is 12.0 Å². The van der Waals surface area contributed by atoms with Gasteiger partial charge in [-0.25, -0.2) is 5.21 Å². The number of ether oxygens (including phenoxy) is 2. The summed E-state index contributed by atoms with van der Waals surface area (Å²) in [6, 6.07) is 6.50. The molecule has 0 amide bonds. The van der Waals surface area contributed by atoms with Crippen molar-refractivity contribution in [1.82, 2.24) is 0 Å². The molecule has 1 saturated heterocycles. The zero-order valence-corrected chi connectivity index (χ0v) is 7.47. The highest BCUT2D eigenvalue weighted by molar-refractivity contribution is 5.32. The van der Waals surface area contributed by atoms with E-state index in [2.05, 4.69) is 0 Å². The third-order valence-electron chi connectivity index (χ3n) is 2.05. The van der Waals surface area contributed by atoms with Crippen molar-refractivity contribution in [3.05, 3.63) is 35.0 Å². The molecule has 0 bridgehead atoms. The second kappa shape index (κ2) is 4.04. The van der Waals surface area contributed by atoms with Crippen LogP contribution in [-0.4, -0.2) is 18.4 Å². The van der Waals surface area contributed by atoms with E-state index in [9.17, 15) is 5.21 Å². The Bertz CT molecular complexity index is 292. The lowest BCUT2D eigenvalue weighted by molar-refractivity contribution is -0.991. The Kier molecular flexibility index (Phi) is 2.76. The Morgan fingerprint density at radius 3 is 2.29 bits per heavy atom. The molecular weight excluding hydrogens is 186 g/mol. The van der Waals surface area contributed by atoms with Crippen LogP contribution in [0.4, 0.5) is 5.69 Å². The van der Waals surface area contributed by atoms with Gasteiger partial charge in [0.05, 0.1) is 13.2 Å². The number of quaternary nitrogens is 1. The molecule has 1 fully saturated rings. The maximum Gasteiger partial charge on any atom is 0.184 e. The highest BCUT2D eigenvalue weighted by Gasteiger charge is 2.18. The molecule has 0 radical (unpaired) electrons. The summed E-state index contributed by atoms with van der Waals surface area (Å²) in [5.41, 5.74) is 1.12. The standard InChI is InChI=1S/C9H11NO4/c11-10(12)8-3-1-7(2-4-8)9-13-5-6-14-9/h1-4,9-11H,5-6H2. The van der Waals surface area contributed by atoms with Crippen LogP contribution in [-0.2, 0) is 9.47 Å². The molecule has 0 saturated carbocycles. The fraction of sp³-hybridized carbons (Fsp3) is 0.333. The first-order valence-corrected chi connectivity index (χ1v) is 4.34. The summed E-state index contributed by atoms with van der Waals surface area (Å²) in [6.45, 7) is 1.18. The first-order valence-electron chi connectivity index (χ1n) is 4.34. The van der Waals surface area contributed by atoms with E-state index in [0.717, 1.165) is 5.56 Å². The van der Waals surface area contributed by atoms with Gasteiger partial charge in [0.25, 0.3) is 0 Å². The van der Waals surface area contributed by atoms with Gasteiger partial charge < -0.3 is 14.7 Å². The molecule has 5 nitrogen and oxygen atoms in total. The van der Waals surface area contributed by atoms with E-state index >= 15 is 0 Å². The highest BCUT2D eigenvalue weighted by Crippen LogP contribution is 2.23. The van der Waals surface area contributed by atoms with Gasteiger partial charge >= 0.3 is 0 Å². The molecule has 1 unspecified atom stereocenters. The number of hydrogen-bond donors (Lipinski definition) is 2. The van der Waals surface area contributed by atoms with Gasteiger partial charge in [-0.3, -0.25) is 0 Å². The van der Waals surface area contributed by atoms with Crippen molar-refractivity contribution in [3.8, 4) is 0 Å². The van der Waals surface area contributed by atoms with Crippen molar-refractivity contribution >= 4 is 5.69 Å². The monoisotopic (exact) mass is 197 g/mol. The molecule has 1 aliphatic rings. The van der Waals surface area contributed by atoms with Gasteiger partial charge in [-0.2, -0.15) is 5.23 Å². The average Bonchev–Trinajstić information content (AvgIpc) is 2.71. The molecule has 0 spiro atoms. The number of rotatable bonds is 2. The minimum atomic E-state index is -0.926. The summed E-state index contributed by atoms with van der Waals surface area (Å²) >= 11 is 0. The van der Waals surface area contributed by atoms with Crippen LogP contribution in [0.15, 0.2) is 24.3 Å². The summed E-state index contributed by atoms with van der Waals surface area (Å²) in [7, 11) is 0. The zero-order valence-electron chi connectivity index (χ0n) is 7.47. The fourth-order valence-electron chi connectivity index (χ4n) is 1.33. The number of benzene rings is 1. The summed E-state index contributed by atoms with van der Waals surface area (Å²) < 4.78 is 10.5. The minimum Gasteiger partial charge on any atom is -0.595 e. The van der Waals surface area contributed by atoms with E-state index in [4.69, 9.17) is 14.7 Å². The first-order chi connectivity index (χ1) is 6.77. The van der Waals surface area contributed by atoms with Crippen molar-refractivity contribution in [1.29, 1.82) is 0 Å². The van der Waals surface area contributed by atoms with Crippen molar-refractivity contribution in [2.45, 2.75) is 6.29 Å². The van der Waals surface area contributed by atoms with Crippen molar-refractivity contribution in [2.75, 3.05) is 13.2 Å². The summed E-state index contributed by atoms with van der Waals surface area (Å²) in [4.78, 5) is 0. The smallest absolute Gasteiger partial charge is 0.184 e. The molecule has 1 heterocycles. The molecule has 2 N–H and O–H groups in total. The lowest BCUT2D eigenvalue weighted by atomic mass is 10.2. The quantitative estimate of drug-likeness (QED) is 0.661. The first kappa shape index (κ1) is 9.57. The van der Waals surface area contributed by atoms with Crippen LogP contribution in [0.3, 0.4) is 0 Å². The number of nitrogens with one attached hydrogen (secondary N) is 1. The predicted octanol–water partition coefficient (Wildman–Crippen LogP) is 0.135. The van der Waals surface area contributed by atoms with Crippen LogP contribution < -0.4 is 5.23 Å². The molecule has 1 atom stereocenters. The van der Waals surface area contributed by atoms with Gasteiger partial charge in [-0.05, 0) is 12.1 Å². The Morgan fingerprint density at radius 2 is 1.79 bits per heavy atom. The SMILES string of the molecule is [O-][NH+](O)c1ccc(C2OCCO2)cc1. The maximum atomic E-state index is 10.6. The van der Waals surface area contributed by atoms with Crippen molar-refractivity contribution in [3.63, 3.8) is 0 Å². The molecular formula is C9H11NO4. The third-order valence-corrected chi connectivity index (χ3v) is 2.05. The van der Waals surface area contributed by atoms with E-state index in [1.54, 1.807) is 24.3 Å².